The number of aryl methyl sites for hydroxylation is 1. The van der Waals surface area contributed by atoms with Gasteiger partial charge < -0.3 is 24.4 Å². The molecule has 3 aromatic heterocycles. The van der Waals surface area contributed by atoms with Crippen molar-refractivity contribution in [3.63, 3.8) is 0 Å². The molecule has 0 saturated carbocycles. The van der Waals surface area contributed by atoms with Crippen molar-refractivity contribution >= 4 is 40.3 Å². The lowest BCUT2D eigenvalue weighted by molar-refractivity contribution is -0.137. The van der Waals surface area contributed by atoms with Crippen LogP contribution in [0.2, 0.25) is 0 Å². The number of fused-ring (bicyclic) bond motifs is 3. The molecule has 9 rings (SSSR count). The molecule has 0 aliphatic carbocycles. The van der Waals surface area contributed by atoms with Gasteiger partial charge in [-0.1, -0.05) is 36.8 Å². The van der Waals surface area contributed by atoms with Crippen LogP contribution in [0.3, 0.4) is 0 Å². The highest BCUT2D eigenvalue weighted by Crippen LogP contribution is 2.38. The van der Waals surface area contributed by atoms with Crippen LogP contribution in [0.15, 0.2) is 67.0 Å². The molecule has 5 amide bonds. The molecule has 5 aromatic rings. The zero-order valence-electron chi connectivity index (χ0n) is 33.7. The molecule has 0 spiro atoms. The molecule has 7 heterocycles. The smallest absolute Gasteiger partial charge is 0.269 e. The molecule has 2 fully saturated rings. The van der Waals surface area contributed by atoms with Gasteiger partial charge in [0.15, 0.2) is 0 Å². The van der Waals surface area contributed by atoms with Gasteiger partial charge in [0.05, 0.1) is 23.6 Å². The third-order valence-corrected chi connectivity index (χ3v) is 12.5. The van der Waals surface area contributed by atoms with Crippen molar-refractivity contribution in [2.45, 2.75) is 89.9 Å². The van der Waals surface area contributed by atoms with Crippen LogP contribution >= 0.6 is 0 Å². The number of carbonyl (C=O) groups excluding carboxylic acids is 5. The summed E-state index contributed by atoms with van der Waals surface area (Å²) < 4.78 is 7.99. The van der Waals surface area contributed by atoms with E-state index in [-0.39, 0.29) is 30.0 Å². The molecule has 60 heavy (non-hydrogen) atoms. The lowest BCUT2D eigenvalue weighted by Gasteiger charge is -2.30. The standard InChI is InChI=1S/C46H48N8O6/c1-28(55)52-19-20-53-40(27-52)42(51-43(53)30-16-21-60-22-17-30)33-10-6-9-31-23-38(49-25-35(31)33)32-12-13-37(48-24-32)44(57)47-18-4-2-3-7-29-8-5-11-34-36(29)26-54(46(34)59)39-14-15-41(56)50-45(39)58/h5-6,8-13,23-25,30,39H,2-4,7,14-22,26-27H2,1H3,(H,47,57)(H,50,56,58). The molecule has 308 valence electrons. The van der Waals surface area contributed by atoms with Crippen molar-refractivity contribution in [2.75, 3.05) is 26.3 Å². The van der Waals surface area contributed by atoms with E-state index in [4.69, 9.17) is 14.7 Å². The number of unbranched alkanes of at least 4 members (excludes halogenated alkanes) is 2. The fourth-order valence-electron chi connectivity index (χ4n) is 9.16. The minimum atomic E-state index is -0.631. The number of imidazole rings is 1. The second-order valence-corrected chi connectivity index (χ2v) is 16.2. The van der Waals surface area contributed by atoms with Crippen molar-refractivity contribution in [1.29, 1.82) is 0 Å². The number of hydrogen-bond donors (Lipinski definition) is 2. The van der Waals surface area contributed by atoms with Crippen molar-refractivity contribution < 1.29 is 28.7 Å². The predicted octanol–water partition coefficient (Wildman–Crippen LogP) is 5.32. The first-order valence-electron chi connectivity index (χ1n) is 21.0. The monoisotopic (exact) mass is 808 g/mol. The van der Waals surface area contributed by atoms with E-state index >= 15 is 0 Å². The van der Waals surface area contributed by atoms with Gasteiger partial charge in [0.25, 0.3) is 11.8 Å². The summed E-state index contributed by atoms with van der Waals surface area (Å²) in [5, 5.41) is 7.33. The first-order chi connectivity index (χ1) is 29.2. The van der Waals surface area contributed by atoms with Gasteiger partial charge in [-0.15, -0.1) is 0 Å². The fraction of sp³-hybridized carbons (Fsp3) is 0.391. The van der Waals surface area contributed by atoms with E-state index in [9.17, 15) is 24.0 Å². The number of piperidine rings is 1. The summed E-state index contributed by atoms with van der Waals surface area (Å²) in [5.74, 6) is 0.346. The van der Waals surface area contributed by atoms with Crippen LogP contribution in [0, 0.1) is 0 Å². The van der Waals surface area contributed by atoms with Crippen LogP contribution in [0.1, 0.15) is 101 Å². The first kappa shape index (κ1) is 39.2. The summed E-state index contributed by atoms with van der Waals surface area (Å²) >= 11 is 0. The lowest BCUT2D eigenvalue weighted by Crippen LogP contribution is -2.52. The molecule has 0 radical (unpaired) electrons. The van der Waals surface area contributed by atoms with Gasteiger partial charge in [-0.3, -0.25) is 39.3 Å². The zero-order valence-corrected chi connectivity index (χ0v) is 33.7. The first-order valence-corrected chi connectivity index (χ1v) is 21.0. The molecule has 4 aliphatic heterocycles. The van der Waals surface area contributed by atoms with Crippen LogP contribution in [0.5, 0.6) is 0 Å². The Kier molecular flexibility index (Phi) is 11.0. The molecule has 1 unspecified atom stereocenters. The maximum atomic E-state index is 13.2. The second-order valence-electron chi connectivity index (χ2n) is 16.2. The average molecular weight is 809 g/mol. The topological polar surface area (TPSA) is 169 Å². The summed E-state index contributed by atoms with van der Waals surface area (Å²) in [6.45, 7) is 5.87. The number of pyridine rings is 2. The summed E-state index contributed by atoms with van der Waals surface area (Å²) in [6.07, 6.45) is 9.33. The number of imide groups is 1. The third kappa shape index (κ3) is 7.67. The number of rotatable bonds is 11. The van der Waals surface area contributed by atoms with E-state index < -0.39 is 11.9 Å². The molecular weight excluding hydrogens is 761 g/mol. The Hall–Kier alpha value is -6.28. The molecule has 4 aliphatic rings. The molecule has 2 N–H and O–H groups in total. The number of hydrogen-bond acceptors (Lipinski definition) is 9. The van der Waals surface area contributed by atoms with Gasteiger partial charge in [0.2, 0.25) is 17.7 Å². The summed E-state index contributed by atoms with van der Waals surface area (Å²) in [5.41, 5.74) is 7.48. The number of ether oxygens (including phenoxy) is 1. The summed E-state index contributed by atoms with van der Waals surface area (Å²) in [6, 6.07) is 16.9. The van der Waals surface area contributed by atoms with Crippen LogP contribution in [0.4, 0.5) is 0 Å². The van der Waals surface area contributed by atoms with E-state index in [0.29, 0.717) is 49.8 Å². The molecule has 14 heteroatoms. The quantitative estimate of drug-likeness (QED) is 0.133. The van der Waals surface area contributed by atoms with Crippen molar-refractivity contribution in [1.82, 2.24) is 40.0 Å². The maximum absolute atomic E-state index is 13.2. The number of benzene rings is 2. The number of amides is 5. The van der Waals surface area contributed by atoms with Gasteiger partial charge in [-0.2, -0.15) is 0 Å². The Morgan fingerprint density at radius 2 is 1.73 bits per heavy atom. The molecular formula is C46H48N8O6. The largest absolute Gasteiger partial charge is 0.381 e. The van der Waals surface area contributed by atoms with Gasteiger partial charge in [0.1, 0.15) is 17.6 Å². The van der Waals surface area contributed by atoms with Crippen molar-refractivity contribution in [3.05, 3.63) is 101 Å². The molecule has 1 atom stereocenters. The highest BCUT2D eigenvalue weighted by Gasteiger charge is 2.39. The van der Waals surface area contributed by atoms with E-state index in [1.165, 1.54) is 0 Å². The minimum absolute atomic E-state index is 0.0607. The van der Waals surface area contributed by atoms with Crippen LogP contribution in [-0.2, 0) is 45.2 Å². The Bertz CT molecular complexity index is 2510. The van der Waals surface area contributed by atoms with Gasteiger partial charge in [-0.25, -0.2) is 4.98 Å². The Balaban J connectivity index is 0.808. The molecule has 0 bridgehead atoms. The lowest BCUT2D eigenvalue weighted by atomic mass is 9.98. The Morgan fingerprint density at radius 3 is 2.53 bits per heavy atom. The van der Waals surface area contributed by atoms with Crippen LogP contribution in [0.25, 0.3) is 33.3 Å². The third-order valence-electron chi connectivity index (χ3n) is 12.5. The average Bonchev–Trinajstić information content (AvgIpc) is 3.82. The number of aromatic nitrogens is 4. The van der Waals surface area contributed by atoms with Crippen molar-refractivity contribution in [2.24, 2.45) is 0 Å². The Labute approximate surface area is 347 Å². The molecule has 2 aromatic carbocycles. The van der Waals surface area contributed by atoms with Gasteiger partial charge >= 0.3 is 0 Å². The Morgan fingerprint density at radius 1 is 0.900 bits per heavy atom. The van der Waals surface area contributed by atoms with Crippen LogP contribution < -0.4 is 10.6 Å². The van der Waals surface area contributed by atoms with Crippen LogP contribution in [-0.4, -0.2) is 91.2 Å². The number of nitrogens with zero attached hydrogens (tertiary/aromatic N) is 6. The van der Waals surface area contributed by atoms with E-state index in [2.05, 4.69) is 32.3 Å². The van der Waals surface area contributed by atoms with Crippen molar-refractivity contribution in [3.8, 4) is 22.5 Å². The normalized spacial score (nSPS) is 18.1. The highest BCUT2D eigenvalue weighted by atomic mass is 16.5. The van der Waals surface area contributed by atoms with E-state index in [1.807, 2.05) is 41.4 Å². The summed E-state index contributed by atoms with van der Waals surface area (Å²) in [7, 11) is 0. The number of nitrogens with one attached hydrogen (secondary N) is 2. The second kappa shape index (κ2) is 16.8. The number of carbonyl (C=O) groups is 5. The highest BCUT2D eigenvalue weighted by molar-refractivity contribution is 6.05. The van der Waals surface area contributed by atoms with E-state index in [0.717, 1.165) is 114 Å². The molecule has 2 saturated heterocycles. The van der Waals surface area contributed by atoms with Gasteiger partial charge in [-0.05, 0) is 79.3 Å². The summed E-state index contributed by atoms with van der Waals surface area (Å²) in [4.78, 5) is 80.8. The SMILES string of the molecule is CC(=O)N1CCn2c(C3CCOCC3)nc(-c3cccc4cc(-c5ccc(C(=O)NCCCCCc6cccc7c6CN(C6CCC(=O)NC6=O)C7=O)nc5)ncc34)c2C1. The zero-order chi connectivity index (χ0) is 41.3. The van der Waals surface area contributed by atoms with Gasteiger partial charge in [0, 0.05) is 93.1 Å². The minimum Gasteiger partial charge on any atom is -0.381 e. The maximum Gasteiger partial charge on any atom is 0.269 e. The molecule has 14 nitrogen and oxygen atoms in total. The van der Waals surface area contributed by atoms with E-state index in [1.54, 1.807) is 30.2 Å². The predicted molar refractivity (Wildman–Crippen MR) is 222 cm³/mol. The fourth-order valence-corrected chi connectivity index (χ4v) is 9.16.